The van der Waals surface area contributed by atoms with Crippen molar-refractivity contribution in [2.24, 2.45) is 5.41 Å². The molecule has 1 aliphatic rings. The molecule has 1 aliphatic carbocycles. The minimum atomic E-state index is -0.635. The fourth-order valence-corrected chi connectivity index (χ4v) is 5.50. The summed E-state index contributed by atoms with van der Waals surface area (Å²) in [6.45, 7) is 5.83. The van der Waals surface area contributed by atoms with Crippen molar-refractivity contribution in [2.75, 3.05) is 14.1 Å². The number of imidazole rings is 1. The van der Waals surface area contributed by atoms with Crippen molar-refractivity contribution in [3.63, 3.8) is 0 Å². The van der Waals surface area contributed by atoms with Crippen molar-refractivity contribution >= 4 is 28.5 Å². The van der Waals surface area contributed by atoms with Gasteiger partial charge in [0.2, 0.25) is 11.7 Å². The van der Waals surface area contributed by atoms with Gasteiger partial charge in [-0.05, 0) is 59.7 Å². The summed E-state index contributed by atoms with van der Waals surface area (Å²) in [5.41, 5.74) is 5.22. The number of aromatic nitrogens is 4. The Balaban J connectivity index is 1.28. The summed E-state index contributed by atoms with van der Waals surface area (Å²) in [6, 6.07) is 17.4. The predicted molar refractivity (Wildman–Crippen MR) is 160 cm³/mol. The van der Waals surface area contributed by atoms with Crippen LogP contribution in [0, 0.1) is 5.41 Å². The molecule has 1 N–H and O–H groups in total. The maximum Gasteiger partial charge on any atom is 0.251 e. The number of rotatable bonds is 6. The van der Waals surface area contributed by atoms with Gasteiger partial charge < -0.3 is 10.2 Å². The number of likely N-dealkylation sites (N-methyl/N-ethyl adjacent to an activating group) is 1. The van der Waals surface area contributed by atoms with Crippen molar-refractivity contribution in [3.8, 4) is 11.1 Å². The molecular formula is C33H34N6O2. The van der Waals surface area contributed by atoms with Crippen LogP contribution in [0.1, 0.15) is 55.2 Å². The van der Waals surface area contributed by atoms with Crippen LogP contribution in [0.25, 0.3) is 27.8 Å². The Labute approximate surface area is 239 Å². The van der Waals surface area contributed by atoms with E-state index >= 15 is 0 Å². The first-order valence-electron chi connectivity index (χ1n) is 13.9. The summed E-state index contributed by atoms with van der Waals surface area (Å²) in [4.78, 5) is 41.0. The molecule has 8 heteroatoms. The van der Waals surface area contributed by atoms with Gasteiger partial charge in [-0.15, -0.1) is 0 Å². The molecule has 6 rings (SSSR count). The van der Waals surface area contributed by atoms with Crippen LogP contribution in [-0.2, 0) is 10.2 Å². The normalized spacial score (nSPS) is 15.0. The van der Waals surface area contributed by atoms with E-state index < -0.39 is 11.5 Å². The number of benzene rings is 2. The maximum absolute atomic E-state index is 13.1. The van der Waals surface area contributed by atoms with E-state index in [-0.39, 0.29) is 17.2 Å². The first-order valence-corrected chi connectivity index (χ1v) is 13.9. The van der Waals surface area contributed by atoms with Crippen LogP contribution < -0.4 is 5.32 Å². The van der Waals surface area contributed by atoms with Gasteiger partial charge in [0, 0.05) is 54.6 Å². The van der Waals surface area contributed by atoms with E-state index in [1.54, 1.807) is 26.2 Å². The fourth-order valence-electron chi connectivity index (χ4n) is 5.50. The van der Waals surface area contributed by atoms with Crippen LogP contribution >= 0.6 is 0 Å². The van der Waals surface area contributed by atoms with Crippen molar-refractivity contribution in [1.82, 2.24) is 29.6 Å². The molecule has 0 bridgehead atoms. The van der Waals surface area contributed by atoms with Gasteiger partial charge in [-0.1, -0.05) is 45.0 Å². The van der Waals surface area contributed by atoms with Gasteiger partial charge in [-0.2, -0.15) is 0 Å². The Morgan fingerprint density at radius 1 is 0.951 bits per heavy atom. The minimum Gasteiger partial charge on any atom is -0.347 e. The van der Waals surface area contributed by atoms with Crippen LogP contribution in [0.5, 0.6) is 0 Å². The van der Waals surface area contributed by atoms with E-state index in [9.17, 15) is 9.59 Å². The van der Waals surface area contributed by atoms with Gasteiger partial charge in [0.05, 0.1) is 17.4 Å². The zero-order valence-electron chi connectivity index (χ0n) is 24.0. The minimum absolute atomic E-state index is 0.0979. The van der Waals surface area contributed by atoms with Gasteiger partial charge in [0.1, 0.15) is 6.04 Å². The highest BCUT2D eigenvalue weighted by Crippen LogP contribution is 2.53. The van der Waals surface area contributed by atoms with E-state index in [4.69, 9.17) is 0 Å². The molecule has 0 saturated heterocycles. The molecule has 2 aromatic carbocycles. The quantitative estimate of drug-likeness (QED) is 0.314. The van der Waals surface area contributed by atoms with Gasteiger partial charge in [0.15, 0.2) is 0 Å². The molecule has 41 heavy (non-hydrogen) atoms. The Morgan fingerprint density at radius 2 is 1.68 bits per heavy atom. The number of hydrogen-bond acceptors (Lipinski definition) is 5. The van der Waals surface area contributed by atoms with Crippen LogP contribution in [0.3, 0.4) is 0 Å². The third kappa shape index (κ3) is 4.84. The van der Waals surface area contributed by atoms with E-state index in [2.05, 4.69) is 55.1 Å². The summed E-state index contributed by atoms with van der Waals surface area (Å²) >= 11 is 0. The standard InChI is InChI=1S/C33H34N6O2/c1-32(2,3)28(30(41)38(4)5)37-29(40)22-10-8-21(9-11-22)24-18-35-31-36-19-27(39(31)20-24)33(14-15-33)25-12-13-26-23(17-25)7-6-16-34-26/h6-13,16-20,28H,14-15H2,1-5H3,(H,37,40). The van der Waals surface area contributed by atoms with Gasteiger partial charge in [-0.3, -0.25) is 19.0 Å². The summed E-state index contributed by atoms with van der Waals surface area (Å²) in [5, 5.41) is 4.07. The summed E-state index contributed by atoms with van der Waals surface area (Å²) < 4.78 is 2.09. The number of fused-ring (bicyclic) bond motifs is 2. The molecule has 1 unspecified atom stereocenters. The molecule has 1 saturated carbocycles. The second-order valence-electron chi connectivity index (χ2n) is 12.2. The SMILES string of the molecule is CN(C)C(=O)C(NC(=O)c1ccc(-c2cnc3ncc(C4(c5ccc6ncccc6c5)CC4)n3c2)cc1)C(C)(C)C. The van der Waals surface area contributed by atoms with Crippen LogP contribution in [-0.4, -0.2) is 56.2 Å². The van der Waals surface area contributed by atoms with Crippen LogP contribution in [0.4, 0.5) is 0 Å². The fraction of sp³-hybridized carbons (Fsp3) is 0.303. The number of amides is 2. The van der Waals surface area contributed by atoms with E-state index in [1.165, 1.54) is 10.5 Å². The molecule has 3 aromatic heterocycles. The smallest absolute Gasteiger partial charge is 0.251 e. The first-order chi connectivity index (χ1) is 19.6. The number of nitrogens with one attached hydrogen (secondary N) is 1. The zero-order valence-corrected chi connectivity index (χ0v) is 24.0. The average molecular weight is 547 g/mol. The van der Waals surface area contributed by atoms with Crippen molar-refractivity contribution in [1.29, 1.82) is 0 Å². The molecule has 1 fully saturated rings. The lowest BCUT2D eigenvalue weighted by Crippen LogP contribution is -2.53. The molecule has 1 atom stereocenters. The Hall–Kier alpha value is -4.59. The molecule has 0 aliphatic heterocycles. The van der Waals surface area contributed by atoms with Gasteiger partial charge in [0.25, 0.3) is 5.91 Å². The number of pyridine rings is 1. The van der Waals surface area contributed by atoms with E-state index in [0.717, 1.165) is 40.6 Å². The highest BCUT2D eigenvalue weighted by molar-refractivity contribution is 5.98. The number of hydrogen-bond donors (Lipinski definition) is 1. The Bertz CT molecular complexity index is 1780. The van der Waals surface area contributed by atoms with Crippen LogP contribution in [0.15, 0.2) is 79.4 Å². The van der Waals surface area contributed by atoms with E-state index in [1.807, 2.05) is 57.6 Å². The topological polar surface area (TPSA) is 92.5 Å². The molecule has 208 valence electrons. The molecule has 0 spiro atoms. The lowest BCUT2D eigenvalue weighted by Gasteiger charge is -2.32. The predicted octanol–water partition coefficient (Wildman–Crippen LogP) is 5.26. The average Bonchev–Trinajstić information content (AvgIpc) is 3.66. The molecular weight excluding hydrogens is 512 g/mol. The highest BCUT2D eigenvalue weighted by Gasteiger charge is 2.48. The summed E-state index contributed by atoms with van der Waals surface area (Å²) in [7, 11) is 3.39. The molecule has 5 aromatic rings. The number of nitrogens with zero attached hydrogens (tertiary/aromatic N) is 5. The Kier molecular flexibility index (Phi) is 6.36. The first kappa shape index (κ1) is 26.6. The highest BCUT2D eigenvalue weighted by atomic mass is 16.2. The third-order valence-corrected chi connectivity index (χ3v) is 8.07. The van der Waals surface area contributed by atoms with Gasteiger partial charge >= 0.3 is 0 Å². The van der Waals surface area contributed by atoms with E-state index in [0.29, 0.717) is 11.3 Å². The monoisotopic (exact) mass is 546 g/mol. The lowest BCUT2D eigenvalue weighted by atomic mass is 9.85. The Morgan fingerprint density at radius 3 is 2.37 bits per heavy atom. The summed E-state index contributed by atoms with van der Waals surface area (Å²) in [5.74, 6) is 0.248. The molecule has 8 nitrogen and oxygen atoms in total. The second-order valence-corrected chi connectivity index (χ2v) is 12.2. The number of carbonyl (C=O) groups excluding carboxylic acids is 2. The lowest BCUT2D eigenvalue weighted by molar-refractivity contribution is -0.133. The summed E-state index contributed by atoms with van der Waals surface area (Å²) in [6.07, 6.45) is 9.75. The third-order valence-electron chi connectivity index (χ3n) is 8.07. The number of carbonyl (C=O) groups is 2. The second kappa shape index (κ2) is 9.80. The zero-order chi connectivity index (χ0) is 28.9. The largest absolute Gasteiger partial charge is 0.347 e. The van der Waals surface area contributed by atoms with Gasteiger partial charge in [-0.25, -0.2) is 9.97 Å². The maximum atomic E-state index is 13.1. The van der Waals surface area contributed by atoms with Crippen molar-refractivity contribution in [3.05, 3.63) is 96.2 Å². The van der Waals surface area contributed by atoms with Crippen molar-refractivity contribution < 1.29 is 9.59 Å². The molecule has 2 amide bonds. The molecule has 0 radical (unpaired) electrons. The molecule has 3 heterocycles. The van der Waals surface area contributed by atoms with Crippen molar-refractivity contribution in [2.45, 2.75) is 45.1 Å². The van der Waals surface area contributed by atoms with Crippen LogP contribution in [0.2, 0.25) is 0 Å².